The summed E-state index contributed by atoms with van der Waals surface area (Å²) >= 11 is 0. The molecular formula is C16H24N2O2. The SMILES string of the molecule is Cc1cccc(OCCN(C)C(=O)C2(CN)CCC2)c1. The van der Waals surface area contributed by atoms with Gasteiger partial charge in [-0.3, -0.25) is 4.79 Å². The van der Waals surface area contributed by atoms with Gasteiger partial charge < -0.3 is 15.4 Å². The Morgan fingerprint density at radius 1 is 1.45 bits per heavy atom. The predicted molar refractivity (Wildman–Crippen MR) is 79.6 cm³/mol. The number of hydrogen-bond acceptors (Lipinski definition) is 3. The standard InChI is InChI=1S/C16H24N2O2/c1-13-5-3-6-14(11-13)20-10-9-18(2)15(19)16(12-17)7-4-8-16/h3,5-6,11H,4,7-10,12,17H2,1-2H3. The van der Waals surface area contributed by atoms with Crippen molar-refractivity contribution >= 4 is 5.91 Å². The summed E-state index contributed by atoms with van der Waals surface area (Å²) in [6.07, 6.45) is 2.95. The zero-order chi connectivity index (χ0) is 14.6. The van der Waals surface area contributed by atoms with Crippen molar-refractivity contribution in [3.63, 3.8) is 0 Å². The molecule has 1 saturated carbocycles. The summed E-state index contributed by atoms with van der Waals surface area (Å²) in [7, 11) is 1.83. The van der Waals surface area contributed by atoms with Crippen LogP contribution in [0.4, 0.5) is 0 Å². The second-order valence-corrected chi connectivity index (χ2v) is 5.73. The molecule has 2 rings (SSSR count). The van der Waals surface area contributed by atoms with Crippen molar-refractivity contribution in [2.45, 2.75) is 26.2 Å². The lowest BCUT2D eigenvalue weighted by Crippen LogP contribution is -2.51. The molecular weight excluding hydrogens is 252 g/mol. The van der Waals surface area contributed by atoms with E-state index >= 15 is 0 Å². The fourth-order valence-corrected chi connectivity index (χ4v) is 2.62. The fourth-order valence-electron chi connectivity index (χ4n) is 2.62. The van der Waals surface area contributed by atoms with Crippen LogP contribution in [0.1, 0.15) is 24.8 Å². The lowest BCUT2D eigenvalue weighted by atomic mass is 9.68. The molecule has 1 aliphatic carbocycles. The van der Waals surface area contributed by atoms with Gasteiger partial charge in [-0.1, -0.05) is 18.6 Å². The van der Waals surface area contributed by atoms with Crippen LogP contribution in [0.2, 0.25) is 0 Å². The van der Waals surface area contributed by atoms with Crippen LogP contribution < -0.4 is 10.5 Å². The van der Waals surface area contributed by atoms with Crippen LogP contribution in [-0.2, 0) is 4.79 Å². The minimum absolute atomic E-state index is 0.166. The Balaban J connectivity index is 1.80. The van der Waals surface area contributed by atoms with Crippen molar-refractivity contribution in [2.24, 2.45) is 11.1 Å². The van der Waals surface area contributed by atoms with E-state index in [1.165, 1.54) is 5.56 Å². The van der Waals surface area contributed by atoms with Gasteiger partial charge in [0.2, 0.25) is 5.91 Å². The van der Waals surface area contributed by atoms with Gasteiger partial charge in [0, 0.05) is 13.6 Å². The highest BCUT2D eigenvalue weighted by atomic mass is 16.5. The smallest absolute Gasteiger partial charge is 0.229 e. The Morgan fingerprint density at radius 3 is 2.75 bits per heavy atom. The van der Waals surface area contributed by atoms with Crippen LogP contribution >= 0.6 is 0 Å². The van der Waals surface area contributed by atoms with Crippen LogP contribution in [0.25, 0.3) is 0 Å². The Morgan fingerprint density at radius 2 is 2.20 bits per heavy atom. The largest absolute Gasteiger partial charge is 0.492 e. The van der Waals surface area contributed by atoms with E-state index in [0.717, 1.165) is 25.0 Å². The zero-order valence-corrected chi connectivity index (χ0v) is 12.4. The highest BCUT2D eigenvalue weighted by Gasteiger charge is 2.44. The zero-order valence-electron chi connectivity index (χ0n) is 12.4. The van der Waals surface area contributed by atoms with E-state index in [-0.39, 0.29) is 11.3 Å². The first-order valence-electron chi connectivity index (χ1n) is 7.22. The van der Waals surface area contributed by atoms with Gasteiger partial charge >= 0.3 is 0 Å². The van der Waals surface area contributed by atoms with Crippen LogP contribution in [0, 0.1) is 12.3 Å². The van der Waals surface area contributed by atoms with Crippen molar-refractivity contribution in [3.8, 4) is 5.75 Å². The van der Waals surface area contributed by atoms with Gasteiger partial charge in [0.05, 0.1) is 12.0 Å². The molecule has 4 heteroatoms. The van der Waals surface area contributed by atoms with Gasteiger partial charge in [-0.15, -0.1) is 0 Å². The molecule has 0 unspecified atom stereocenters. The van der Waals surface area contributed by atoms with Crippen molar-refractivity contribution in [1.82, 2.24) is 4.90 Å². The normalized spacial score (nSPS) is 16.4. The van der Waals surface area contributed by atoms with E-state index in [1.807, 2.05) is 38.2 Å². The maximum absolute atomic E-state index is 12.4. The minimum atomic E-state index is -0.294. The van der Waals surface area contributed by atoms with Crippen molar-refractivity contribution < 1.29 is 9.53 Å². The first-order chi connectivity index (χ1) is 9.57. The summed E-state index contributed by atoms with van der Waals surface area (Å²) < 4.78 is 5.68. The van der Waals surface area contributed by atoms with E-state index in [4.69, 9.17) is 10.5 Å². The third-order valence-electron chi connectivity index (χ3n) is 4.19. The monoisotopic (exact) mass is 276 g/mol. The Bertz CT molecular complexity index is 464. The molecule has 4 nitrogen and oxygen atoms in total. The van der Waals surface area contributed by atoms with Crippen LogP contribution in [0.15, 0.2) is 24.3 Å². The summed E-state index contributed by atoms with van der Waals surface area (Å²) in [6, 6.07) is 7.93. The molecule has 1 amide bonds. The van der Waals surface area contributed by atoms with E-state index in [2.05, 4.69) is 0 Å². The van der Waals surface area contributed by atoms with Crippen molar-refractivity contribution in [3.05, 3.63) is 29.8 Å². The number of ether oxygens (including phenoxy) is 1. The third kappa shape index (κ3) is 3.12. The molecule has 1 aromatic rings. The molecule has 1 aliphatic rings. The first-order valence-corrected chi connectivity index (χ1v) is 7.22. The molecule has 0 radical (unpaired) electrons. The minimum Gasteiger partial charge on any atom is -0.492 e. The number of aryl methyl sites for hydroxylation is 1. The topological polar surface area (TPSA) is 55.6 Å². The van der Waals surface area contributed by atoms with Crippen LogP contribution in [0.5, 0.6) is 5.75 Å². The summed E-state index contributed by atoms with van der Waals surface area (Å²) in [4.78, 5) is 14.1. The summed E-state index contributed by atoms with van der Waals surface area (Å²) in [5.41, 5.74) is 6.64. The Hall–Kier alpha value is -1.55. The number of carbonyl (C=O) groups is 1. The van der Waals surface area contributed by atoms with Crippen LogP contribution in [0.3, 0.4) is 0 Å². The van der Waals surface area contributed by atoms with Gasteiger partial charge in [-0.2, -0.15) is 0 Å². The molecule has 0 saturated heterocycles. The van der Waals surface area contributed by atoms with Gasteiger partial charge in [0.1, 0.15) is 12.4 Å². The quantitative estimate of drug-likeness (QED) is 0.864. The van der Waals surface area contributed by atoms with Gasteiger partial charge in [0.15, 0.2) is 0 Å². The number of likely N-dealkylation sites (N-methyl/N-ethyl adjacent to an activating group) is 1. The Kier molecular flexibility index (Phi) is 4.65. The number of amides is 1. The maximum Gasteiger partial charge on any atom is 0.229 e. The molecule has 20 heavy (non-hydrogen) atoms. The molecule has 0 aliphatic heterocycles. The molecule has 0 bridgehead atoms. The van der Waals surface area contributed by atoms with E-state index < -0.39 is 0 Å². The molecule has 0 heterocycles. The number of nitrogens with two attached hydrogens (primary N) is 1. The number of nitrogens with zero attached hydrogens (tertiary/aromatic N) is 1. The molecule has 1 fully saturated rings. The van der Waals surface area contributed by atoms with Gasteiger partial charge in [-0.05, 0) is 37.5 Å². The van der Waals surface area contributed by atoms with Crippen molar-refractivity contribution in [2.75, 3.05) is 26.7 Å². The number of carbonyl (C=O) groups excluding carboxylic acids is 1. The van der Waals surface area contributed by atoms with Crippen molar-refractivity contribution in [1.29, 1.82) is 0 Å². The van der Waals surface area contributed by atoms with E-state index in [9.17, 15) is 4.79 Å². The molecule has 0 atom stereocenters. The highest BCUT2D eigenvalue weighted by molar-refractivity contribution is 5.83. The molecule has 110 valence electrons. The fraction of sp³-hybridized carbons (Fsp3) is 0.562. The Labute approximate surface area is 120 Å². The second-order valence-electron chi connectivity index (χ2n) is 5.73. The average molecular weight is 276 g/mol. The number of benzene rings is 1. The summed E-state index contributed by atoms with van der Waals surface area (Å²) in [5, 5.41) is 0. The first kappa shape index (κ1) is 14.9. The van der Waals surface area contributed by atoms with Crippen LogP contribution in [-0.4, -0.2) is 37.6 Å². The van der Waals surface area contributed by atoms with Gasteiger partial charge in [-0.25, -0.2) is 0 Å². The summed E-state index contributed by atoms with van der Waals surface area (Å²) in [6.45, 7) is 3.58. The van der Waals surface area contributed by atoms with E-state index in [1.54, 1.807) is 4.90 Å². The number of rotatable bonds is 6. The maximum atomic E-state index is 12.4. The number of hydrogen-bond donors (Lipinski definition) is 1. The lowest BCUT2D eigenvalue weighted by molar-refractivity contribution is -0.145. The highest BCUT2D eigenvalue weighted by Crippen LogP contribution is 2.41. The third-order valence-corrected chi connectivity index (χ3v) is 4.19. The van der Waals surface area contributed by atoms with E-state index in [0.29, 0.717) is 19.7 Å². The van der Waals surface area contributed by atoms with Gasteiger partial charge in [0.25, 0.3) is 0 Å². The second kappa shape index (κ2) is 6.27. The lowest BCUT2D eigenvalue weighted by Gasteiger charge is -2.41. The average Bonchev–Trinajstić information content (AvgIpc) is 2.38. The molecule has 0 aromatic heterocycles. The molecule has 0 spiro atoms. The summed E-state index contributed by atoms with van der Waals surface area (Å²) in [5.74, 6) is 1.02. The predicted octanol–water partition coefficient (Wildman–Crippen LogP) is 1.96. The molecule has 1 aromatic carbocycles. The molecule has 2 N–H and O–H groups in total.